The third-order valence-corrected chi connectivity index (χ3v) is 5.45. The molecule has 23 heavy (non-hydrogen) atoms. The van der Waals surface area contributed by atoms with E-state index in [0.29, 0.717) is 11.3 Å². The van der Waals surface area contributed by atoms with Gasteiger partial charge in [-0.3, -0.25) is 4.79 Å². The van der Waals surface area contributed by atoms with Crippen LogP contribution in [0, 0.1) is 12.7 Å². The van der Waals surface area contributed by atoms with Crippen LogP contribution in [0.4, 0.5) is 10.1 Å². The van der Waals surface area contributed by atoms with Crippen molar-refractivity contribution in [2.75, 3.05) is 5.32 Å². The molecule has 7 heteroatoms. The Kier molecular flexibility index (Phi) is 4.58. The lowest BCUT2D eigenvalue weighted by Crippen LogP contribution is -2.22. The third kappa shape index (κ3) is 3.51. The van der Waals surface area contributed by atoms with Crippen LogP contribution in [0.25, 0.3) is 10.2 Å². The Morgan fingerprint density at radius 1 is 1.35 bits per heavy atom. The zero-order chi connectivity index (χ0) is 16.4. The van der Waals surface area contributed by atoms with E-state index < -0.39 is 0 Å². The SMILES string of the molecule is Cc1ccc(NC(=O)[C@H](C)Sc2ncnc3ccsc23)cc1F. The molecular formula is C16H14FN3OS2. The van der Waals surface area contributed by atoms with Crippen LogP contribution in [0.1, 0.15) is 12.5 Å². The maximum Gasteiger partial charge on any atom is 0.237 e. The van der Waals surface area contributed by atoms with Gasteiger partial charge in [-0.25, -0.2) is 14.4 Å². The van der Waals surface area contributed by atoms with Crippen LogP contribution in [-0.4, -0.2) is 21.1 Å². The van der Waals surface area contributed by atoms with E-state index in [2.05, 4.69) is 15.3 Å². The first-order chi connectivity index (χ1) is 11.0. The Hall–Kier alpha value is -1.99. The second kappa shape index (κ2) is 6.64. The van der Waals surface area contributed by atoms with Gasteiger partial charge in [-0.1, -0.05) is 17.8 Å². The number of halogens is 1. The molecule has 0 unspecified atom stereocenters. The minimum atomic E-state index is -0.362. The number of amides is 1. The van der Waals surface area contributed by atoms with Crippen molar-refractivity contribution >= 4 is 44.9 Å². The third-order valence-electron chi connectivity index (χ3n) is 3.31. The van der Waals surface area contributed by atoms with Crippen LogP contribution in [-0.2, 0) is 4.79 Å². The van der Waals surface area contributed by atoms with Gasteiger partial charge in [0.2, 0.25) is 5.91 Å². The number of aromatic nitrogens is 2. The number of anilines is 1. The van der Waals surface area contributed by atoms with Crippen molar-refractivity contribution in [1.29, 1.82) is 0 Å². The van der Waals surface area contributed by atoms with Crippen molar-refractivity contribution in [3.63, 3.8) is 0 Å². The maximum atomic E-state index is 13.5. The van der Waals surface area contributed by atoms with Crippen LogP contribution in [0.3, 0.4) is 0 Å². The monoisotopic (exact) mass is 347 g/mol. The number of hydrogen-bond acceptors (Lipinski definition) is 5. The lowest BCUT2D eigenvalue weighted by molar-refractivity contribution is -0.115. The van der Waals surface area contributed by atoms with Gasteiger partial charge in [0.25, 0.3) is 0 Å². The van der Waals surface area contributed by atoms with Crippen LogP contribution < -0.4 is 5.32 Å². The van der Waals surface area contributed by atoms with Gasteiger partial charge in [0, 0.05) is 5.69 Å². The number of hydrogen-bond donors (Lipinski definition) is 1. The van der Waals surface area contributed by atoms with Crippen molar-refractivity contribution in [1.82, 2.24) is 9.97 Å². The number of fused-ring (bicyclic) bond motifs is 1. The number of carbonyl (C=O) groups is 1. The molecule has 1 aromatic carbocycles. The Balaban J connectivity index is 1.72. The van der Waals surface area contributed by atoms with E-state index >= 15 is 0 Å². The van der Waals surface area contributed by atoms with E-state index in [9.17, 15) is 9.18 Å². The molecular weight excluding hydrogens is 333 g/mol. The lowest BCUT2D eigenvalue weighted by Gasteiger charge is -2.12. The van der Waals surface area contributed by atoms with Crippen molar-refractivity contribution in [2.45, 2.75) is 24.1 Å². The van der Waals surface area contributed by atoms with Crippen LogP contribution in [0.15, 0.2) is 41.0 Å². The summed E-state index contributed by atoms with van der Waals surface area (Å²) in [6.45, 7) is 3.48. The highest BCUT2D eigenvalue weighted by Crippen LogP contribution is 2.31. The van der Waals surface area contributed by atoms with E-state index in [1.165, 1.54) is 24.2 Å². The maximum absolute atomic E-state index is 13.5. The fraction of sp³-hybridized carbons (Fsp3) is 0.188. The van der Waals surface area contributed by atoms with Gasteiger partial charge in [-0.05, 0) is 43.0 Å². The molecule has 0 aliphatic rings. The number of carbonyl (C=O) groups excluding carboxylic acids is 1. The average molecular weight is 347 g/mol. The summed E-state index contributed by atoms with van der Waals surface area (Å²) in [7, 11) is 0. The van der Waals surface area contributed by atoms with E-state index in [-0.39, 0.29) is 17.0 Å². The van der Waals surface area contributed by atoms with Gasteiger partial charge in [-0.15, -0.1) is 11.3 Å². The van der Waals surface area contributed by atoms with Crippen molar-refractivity contribution in [3.8, 4) is 0 Å². The summed E-state index contributed by atoms with van der Waals surface area (Å²) in [5.41, 5.74) is 1.88. The number of rotatable bonds is 4. The molecule has 4 nitrogen and oxygen atoms in total. The Morgan fingerprint density at radius 2 is 2.17 bits per heavy atom. The molecule has 0 aliphatic heterocycles. The van der Waals surface area contributed by atoms with Gasteiger partial charge in [-0.2, -0.15) is 0 Å². The van der Waals surface area contributed by atoms with Gasteiger partial charge in [0.15, 0.2) is 0 Å². The van der Waals surface area contributed by atoms with Gasteiger partial charge in [0.1, 0.15) is 17.2 Å². The van der Waals surface area contributed by atoms with Crippen LogP contribution in [0.5, 0.6) is 0 Å². The molecule has 2 aromatic heterocycles. The molecule has 0 fully saturated rings. The molecule has 118 valence electrons. The Bertz CT molecular complexity index is 865. The minimum absolute atomic E-state index is 0.193. The summed E-state index contributed by atoms with van der Waals surface area (Å²) in [6, 6.07) is 6.58. The fourth-order valence-electron chi connectivity index (χ4n) is 1.99. The topological polar surface area (TPSA) is 54.9 Å². The molecule has 0 saturated carbocycles. The zero-order valence-corrected chi connectivity index (χ0v) is 14.2. The van der Waals surface area contributed by atoms with Gasteiger partial charge >= 0.3 is 0 Å². The first kappa shape index (κ1) is 15.9. The molecule has 3 rings (SSSR count). The first-order valence-corrected chi connectivity index (χ1v) is 8.72. The fourth-order valence-corrected chi connectivity index (χ4v) is 3.82. The zero-order valence-electron chi connectivity index (χ0n) is 12.5. The summed E-state index contributed by atoms with van der Waals surface area (Å²) < 4.78 is 14.5. The predicted octanol–water partition coefficient (Wildman–Crippen LogP) is 4.26. The number of thioether (sulfide) groups is 1. The molecule has 1 atom stereocenters. The minimum Gasteiger partial charge on any atom is -0.325 e. The molecule has 0 radical (unpaired) electrons. The molecule has 0 saturated heterocycles. The number of nitrogens with one attached hydrogen (secondary N) is 1. The quantitative estimate of drug-likeness (QED) is 0.566. The Labute approximate surface area is 141 Å². The summed E-state index contributed by atoms with van der Waals surface area (Å²) >= 11 is 2.91. The first-order valence-electron chi connectivity index (χ1n) is 6.96. The predicted molar refractivity (Wildman–Crippen MR) is 92.5 cm³/mol. The van der Waals surface area contributed by atoms with Crippen molar-refractivity contribution in [2.24, 2.45) is 0 Å². The number of thiophene rings is 1. The van der Waals surface area contributed by atoms with Crippen molar-refractivity contribution in [3.05, 3.63) is 47.4 Å². The molecule has 0 aliphatic carbocycles. The van der Waals surface area contributed by atoms with Crippen LogP contribution >= 0.6 is 23.1 Å². The molecule has 0 bridgehead atoms. The van der Waals surface area contributed by atoms with Gasteiger partial charge in [0.05, 0.1) is 15.5 Å². The number of benzene rings is 1. The second-order valence-electron chi connectivity index (χ2n) is 5.03. The molecule has 3 aromatic rings. The molecule has 2 heterocycles. The van der Waals surface area contributed by atoms with E-state index in [0.717, 1.165) is 15.2 Å². The summed E-state index contributed by atoms with van der Waals surface area (Å²) in [6.07, 6.45) is 1.50. The highest BCUT2D eigenvalue weighted by Gasteiger charge is 2.18. The lowest BCUT2D eigenvalue weighted by atomic mass is 10.2. The highest BCUT2D eigenvalue weighted by atomic mass is 32.2. The summed E-state index contributed by atoms with van der Waals surface area (Å²) in [4.78, 5) is 20.7. The van der Waals surface area contributed by atoms with Crippen molar-refractivity contribution < 1.29 is 9.18 Å². The standard InChI is InChI=1S/C16H14FN3OS2/c1-9-3-4-11(7-12(9)17)20-15(21)10(2)23-16-14-13(5-6-22-14)18-8-19-16/h3-8,10H,1-2H3,(H,20,21)/t10-/m0/s1. The van der Waals surface area contributed by atoms with E-state index in [1.807, 2.05) is 11.4 Å². The number of aryl methyl sites for hydroxylation is 1. The van der Waals surface area contributed by atoms with E-state index in [1.54, 1.807) is 37.3 Å². The highest BCUT2D eigenvalue weighted by molar-refractivity contribution is 8.00. The largest absolute Gasteiger partial charge is 0.325 e. The molecule has 1 N–H and O–H groups in total. The smallest absolute Gasteiger partial charge is 0.237 e. The molecule has 1 amide bonds. The van der Waals surface area contributed by atoms with E-state index in [4.69, 9.17) is 0 Å². The van der Waals surface area contributed by atoms with Gasteiger partial charge < -0.3 is 5.32 Å². The Morgan fingerprint density at radius 3 is 2.96 bits per heavy atom. The summed E-state index contributed by atoms with van der Waals surface area (Å²) in [5.74, 6) is -0.527. The number of nitrogens with zero attached hydrogens (tertiary/aromatic N) is 2. The van der Waals surface area contributed by atoms with Crippen LogP contribution in [0.2, 0.25) is 0 Å². The summed E-state index contributed by atoms with van der Waals surface area (Å²) in [5, 5.41) is 5.10. The molecule has 0 spiro atoms. The normalized spacial score (nSPS) is 12.3. The average Bonchev–Trinajstić information content (AvgIpc) is 3.00. The second-order valence-corrected chi connectivity index (χ2v) is 7.27.